The van der Waals surface area contributed by atoms with Crippen molar-refractivity contribution in [3.05, 3.63) is 135 Å². The Labute approximate surface area is 199 Å². The normalized spacial score (nSPS) is 13.4. The first-order chi connectivity index (χ1) is 16.6. The summed E-state index contributed by atoms with van der Waals surface area (Å²) in [5, 5.41) is 9.04. The van der Waals surface area contributed by atoms with Crippen molar-refractivity contribution < 1.29 is 0 Å². The van der Waals surface area contributed by atoms with E-state index in [0.717, 1.165) is 53.3 Å². The molecule has 5 heteroatoms. The van der Waals surface area contributed by atoms with Gasteiger partial charge in [-0.15, -0.1) is 0 Å². The standard InChI is InChI=1S/C29H26N4O/c1-21-31-27-16-17-32(19-23-14-12-22(18-30)13-15-23)20-26(27)29(34)33(21)28(24-8-4-2-5-9-24)25-10-6-3-7-11-25/h2-15,28H,16-17,19-20H2,1H3. The van der Waals surface area contributed by atoms with Gasteiger partial charge in [-0.2, -0.15) is 5.26 Å². The smallest absolute Gasteiger partial charge is 0.259 e. The molecule has 0 atom stereocenters. The Balaban J connectivity index is 1.53. The lowest BCUT2D eigenvalue weighted by atomic mass is 9.97. The molecule has 0 aliphatic carbocycles. The summed E-state index contributed by atoms with van der Waals surface area (Å²) in [5.41, 5.74) is 5.64. The molecule has 0 N–H and O–H groups in total. The maximum Gasteiger partial charge on any atom is 0.259 e. The van der Waals surface area contributed by atoms with E-state index in [2.05, 4.69) is 35.2 Å². The third-order valence-electron chi connectivity index (χ3n) is 6.50. The third kappa shape index (κ3) is 4.28. The summed E-state index contributed by atoms with van der Waals surface area (Å²) in [4.78, 5) is 21.2. The monoisotopic (exact) mass is 446 g/mol. The molecule has 1 aliphatic heterocycles. The van der Waals surface area contributed by atoms with E-state index in [9.17, 15) is 4.79 Å². The summed E-state index contributed by atoms with van der Waals surface area (Å²) >= 11 is 0. The Morgan fingerprint density at radius 2 is 1.56 bits per heavy atom. The summed E-state index contributed by atoms with van der Waals surface area (Å²) in [6.45, 7) is 4.09. The van der Waals surface area contributed by atoms with Gasteiger partial charge in [-0.3, -0.25) is 14.3 Å². The van der Waals surface area contributed by atoms with Crippen molar-refractivity contribution >= 4 is 0 Å². The molecule has 2 heterocycles. The topological polar surface area (TPSA) is 61.9 Å². The second-order valence-electron chi connectivity index (χ2n) is 8.75. The van der Waals surface area contributed by atoms with Crippen LogP contribution in [0.3, 0.4) is 0 Å². The number of benzene rings is 3. The number of hydrogen-bond donors (Lipinski definition) is 0. The van der Waals surface area contributed by atoms with Crippen LogP contribution in [0.5, 0.6) is 0 Å². The molecule has 0 amide bonds. The SMILES string of the molecule is Cc1nc2c(c(=O)n1C(c1ccccc1)c1ccccc1)CN(Cc1ccc(C#N)cc1)CC2. The van der Waals surface area contributed by atoms with E-state index in [-0.39, 0.29) is 11.6 Å². The molecule has 3 aromatic carbocycles. The van der Waals surface area contributed by atoms with E-state index in [4.69, 9.17) is 10.2 Å². The lowest BCUT2D eigenvalue weighted by Gasteiger charge is -2.30. The molecule has 0 saturated carbocycles. The van der Waals surface area contributed by atoms with Gasteiger partial charge in [0, 0.05) is 26.1 Å². The van der Waals surface area contributed by atoms with Crippen LogP contribution < -0.4 is 5.56 Å². The van der Waals surface area contributed by atoms with E-state index < -0.39 is 0 Å². The van der Waals surface area contributed by atoms with Gasteiger partial charge in [-0.1, -0.05) is 72.8 Å². The fourth-order valence-electron chi connectivity index (χ4n) is 4.81. The van der Waals surface area contributed by atoms with Gasteiger partial charge >= 0.3 is 0 Å². The Morgan fingerprint density at radius 3 is 2.15 bits per heavy atom. The minimum atomic E-state index is -0.235. The average Bonchev–Trinajstić information content (AvgIpc) is 2.88. The zero-order chi connectivity index (χ0) is 23.5. The van der Waals surface area contributed by atoms with Crippen LogP contribution in [-0.4, -0.2) is 21.0 Å². The quantitative estimate of drug-likeness (QED) is 0.449. The van der Waals surface area contributed by atoms with Gasteiger partial charge < -0.3 is 0 Å². The van der Waals surface area contributed by atoms with Crippen LogP contribution in [-0.2, 0) is 19.5 Å². The van der Waals surface area contributed by atoms with Crippen LogP contribution in [0.4, 0.5) is 0 Å². The highest BCUT2D eigenvalue weighted by Gasteiger charge is 2.26. The van der Waals surface area contributed by atoms with E-state index in [1.807, 2.05) is 72.2 Å². The number of hydrogen-bond acceptors (Lipinski definition) is 4. The predicted octanol–water partition coefficient (Wildman–Crippen LogP) is 4.62. The van der Waals surface area contributed by atoms with E-state index in [1.54, 1.807) is 0 Å². The number of nitriles is 1. The molecule has 0 unspecified atom stereocenters. The van der Waals surface area contributed by atoms with Crippen molar-refractivity contribution in [1.29, 1.82) is 5.26 Å². The van der Waals surface area contributed by atoms with Crippen LogP contribution in [0, 0.1) is 18.3 Å². The maximum absolute atomic E-state index is 14.0. The molecule has 0 spiro atoms. The van der Waals surface area contributed by atoms with Gasteiger partial charge in [0.15, 0.2) is 0 Å². The van der Waals surface area contributed by atoms with Crippen LogP contribution in [0.2, 0.25) is 0 Å². The molecular weight excluding hydrogens is 420 g/mol. The summed E-state index contributed by atoms with van der Waals surface area (Å²) in [5.74, 6) is 0.738. The Bertz CT molecular complexity index is 1350. The molecule has 5 rings (SSSR count). The molecule has 0 fully saturated rings. The second-order valence-corrected chi connectivity index (χ2v) is 8.75. The van der Waals surface area contributed by atoms with Gasteiger partial charge in [-0.25, -0.2) is 4.98 Å². The Hall–Kier alpha value is -4.01. The first kappa shape index (κ1) is 21.8. The molecule has 1 aromatic heterocycles. The van der Waals surface area contributed by atoms with E-state index in [0.29, 0.717) is 12.1 Å². The van der Waals surface area contributed by atoms with Crippen molar-refractivity contribution in [2.24, 2.45) is 0 Å². The second kappa shape index (κ2) is 9.46. The van der Waals surface area contributed by atoms with Gasteiger partial charge in [-0.05, 0) is 35.7 Å². The number of fused-ring (bicyclic) bond motifs is 1. The third-order valence-corrected chi connectivity index (χ3v) is 6.50. The average molecular weight is 447 g/mol. The van der Waals surface area contributed by atoms with E-state index >= 15 is 0 Å². The minimum Gasteiger partial charge on any atom is -0.294 e. The van der Waals surface area contributed by atoms with Crippen molar-refractivity contribution in [2.45, 2.75) is 32.5 Å². The van der Waals surface area contributed by atoms with Crippen molar-refractivity contribution in [3.63, 3.8) is 0 Å². The summed E-state index contributed by atoms with van der Waals surface area (Å²) in [6, 6.07) is 29.9. The molecule has 0 saturated heterocycles. The van der Waals surface area contributed by atoms with Crippen molar-refractivity contribution in [2.75, 3.05) is 6.54 Å². The molecule has 0 bridgehead atoms. The molecule has 1 aliphatic rings. The van der Waals surface area contributed by atoms with Crippen molar-refractivity contribution in [1.82, 2.24) is 14.5 Å². The lowest BCUT2D eigenvalue weighted by Crippen LogP contribution is -2.40. The number of aryl methyl sites for hydroxylation is 1. The molecule has 5 nitrogen and oxygen atoms in total. The highest BCUT2D eigenvalue weighted by Crippen LogP contribution is 2.27. The van der Waals surface area contributed by atoms with Crippen molar-refractivity contribution in [3.8, 4) is 6.07 Å². The van der Waals surface area contributed by atoms with Crippen LogP contribution in [0.15, 0.2) is 89.7 Å². The largest absolute Gasteiger partial charge is 0.294 e. The van der Waals surface area contributed by atoms with Crippen LogP contribution in [0.1, 0.15) is 45.4 Å². The summed E-state index contributed by atoms with van der Waals surface area (Å²) < 4.78 is 1.86. The first-order valence-corrected chi connectivity index (χ1v) is 11.6. The highest BCUT2D eigenvalue weighted by molar-refractivity contribution is 5.35. The maximum atomic E-state index is 14.0. The number of aromatic nitrogens is 2. The molecule has 34 heavy (non-hydrogen) atoms. The number of rotatable bonds is 5. The zero-order valence-corrected chi connectivity index (χ0v) is 19.2. The molecule has 0 radical (unpaired) electrons. The molecule has 168 valence electrons. The van der Waals surface area contributed by atoms with Gasteiger partial charge in [0.05, 0.1) is 28.9 Å². The number of nitrogens with zero attached hydrogens (tertiary/aromatic N) is 4. The Morgan fingerprint density at radius 1 is 0.941 bits per heavy atom. The fourth-order valence-corrected chi connectivity index (χ4v) is 4.81. The molecular formula is C29H26N4O. The predicted molar refractivity (Wildman–Crippen MR) is 132 cm³/mol. The fraction of sp³-hybridized carbons (Fsp3) is 0.207. The van der Waals surface area contributed by atoms with Gasteiger partial charge in [0.2, 0.25) is 0 Å². The van der Waals surface area contributed by atoms with Crippen LogP contribution >= 0.6 is 0 Å². The minimum absolute atomic E-state index is 0.0322. The highest BCUT2D eigenvalue weighted by atomic mass is 16.1. The van der Waals surface area contributed by atoms with Gasteiger partial charge in [0.25, 0.3) is 5.56 Å². The van der Waals surface area contributed by atoms with Crippen LogP contribution in [0.25, 0.3) is 0 Å². The van der Waals surface area contributed by atoms with E-state index in [1.165, 1.54) is 0 Å². The zero-order valence-electron chi connectivity index (χ0n) is 19.2. The molecule has 4 aromatic rings. The summed E-state index contributed by atoms with van der Waals surface area (Å²) in [6.07, 6.45) is 0.754. The lowest BCUT2D eigenvalue weighted by molar-refractivity contribution is 0.240. The first-order valence-electron chi connectivity index (χ1n) is 11.6. The Kier molecular flexibility index (Phi) is 6.07. The summed E-state index contributed by atoms with van der Waals surface area (Å²) in [7, 11) is 0. The van der Waals surface area contributed by atoms with Gasteiger partial charge in [0.1, 0.15) is 5.82 Å².